The molecule has 0 unspecified atom stereocenters. The maximum Gasteiger partial charge on any atom is 0.253 e. The Kier molecular flexibility index (Phi) is 7.10. The molecular formula is C15H18ClNO3. The third kappa shape index (κ3) is 4.53. The van der Waals surface area contributed by atoms with Gasteiger partial charge in [-0.1, -0.05) is 23.4 Å². The number of nitrogens with zero attached hydrogens (tertiary/aromatic N) is 1. The summed E-state index contributed by atoms with van der Waals surface area (Å²) in [5.41, 5.74) is 1.07. The third-order valence-corrected chi connectivity index (χ3v) is 3.09. The smallest absolute Gasteiger partial charge is 0.253 e. The third-order valence-electron chi connectivity index (χ3n) is 2.77. The summed E-state index contributed by atoms with van der Waals surface area (Å²) in [6.07, 6.45) is 0.549. The van der Waals surface area contributed by atoms with Crippen molar-refractivity contribution in [2.24, 2.45) is 0 Å². The van der Waals surface area contributed by atoms with Crippen molar-refractivity contribution in [3.8, 4) is 11.8 Å². The minimum absolute atomic E-state index is 0.0558. The van der Waals surface area contributed by atoms with E-state index in [1.165, 1.54) is 0 Å². The molecule has 1 aromatic rings. The predicted octanol–water partition coefficient (Wildman–Crippen LogP) is 1.53. The molecule has 20 heavy (non-hydrogen) atoms. The minimum Gasteiger partial charge on any atom is -0.396 e. The van der Waals surface area contributed by atoms with Crippen LogP contribution >= 0.6 is 11.6 Å². The van der Waals surface area contributed by atoms with E-state index in [1.807, 2.05) is 6.92 Å². The minimum atomic E-state index is -0.234. The Morgan fingerprint density at radius 2 is 2.15 bits per heavy atom. The fourth-order valence-electron chi connectivity index (χ4n) is 1.73. The molecule has 0 aliphatic rings. The molecule has 5 heteroatoms. The number of carbonyl (C=O) groups is 1. The molecule has 1 rings (SSSR count). The van der Waals surface area contributed by atoms with Gasteiger partial charge in [-0.15, -0.1) is 0 Å². The number of aliphatic hydroxyl groups is 2. The topological polar surface area (TPSA) is 60.8 Å². The zero-order valence-corrected chi connectivity index (χ0v) is 12.2. The SMILES string of the molecule is CCN(CCCO)C(=O)c1ccc(C#CCO)c(Cl)c1. The van der Waals surface area contributed by atoms with Gasteiger partial charge in [0.2, 0.25) is 0 Å². The summed E-state index contributed by atoms with van der Waals surface area (Å²) in [6, 6.07) is 4.90. The van der Waals surface area contributed by atoms with Gasteiger partial charge in [0.15, 0.2) is 0 Å². The predicted molar refractivity (Wildman–Crippen MR) is 78.7 cm³/mol. The van der Waals surface area contributed by atoms with Gasteiger partial charge in [0.05, 0.1) is 5.02 Å². The first-order valence-corrected chi connectivity index (χ1v) is 6.81. The number of carbonyl (C=O) groups excluding carboxylic acids is 1. The van der Waals surface area contributed by atoms with E-state index in [1.54, 1.807) is 23.1 Å². The van der Waals surface area contributed by atoms with E-state index in [4.69, 9.17) is 21.8 Å². The Bertz CT molecular complexity index is 520. The van der Waals surface area contributed by atoms with Gasteiger partial charge in [0.1, 0.15) is 6.61 Å². The molecule has 1 aromatic carbocycles. The van der Waals surface area contributed by atoms with Gasteiger partial charge in [0.25, 0.3) is 5.91 Å². The highest BCUT2D eigenvalue weighted by Crippen LogP contribution is 2.18. The summed E-state index contributed by atoms with van der Waals surface area (Å²) in [5.74, 6) is 5.11. The molecule has 0 spiro atoms. The highest BCUT2D eigenvalue weighted by Gasteiger charge is 2.14. The van der Waals surface area contributed by atoms with Gasteiger partial charge in [-0.05, 0) is 31.5 Å². The van der Waals surface area contributed by atoms with Crippen LogP contribution in [0.3, 0.4) is 0 Å². The Hall–Kier alpha value is -1.54. The maximum atomic E-state index is 12.3. The number of amides is 1. The molecule has 0 radical (unpaired) electrons. The molecule has 2 N–H and O–H groups in total. The molecule has 4 nitrogen and oxygen atoms in total. The molecule has 0 aromatic heterocycles. The molecule has 0 heterocycles. The van der Waals surface area contributed by atoms with Crippen LogP contribution in [-0.2, 0) is 0 Å². The van der Waals surface area contributed by atoms with Gasteiger partial charge < -0.3 is 15.1 Å². The summed E-state index contributed by atoms with van der Waals surface area (Å²) >= 11 is 6.07. The van der Waals surface area contributed by atoms with Crippen molar-refractivity contribution in [1.29, 1.82) is 0 Å². The van der Waals surface area contributed by atoms with Gasteiger partial charge in [0, 0.05) is 30.8 Å². The lowest BCUT2D eigenvalue weighted by Crippen LogP contribution is -2.32. The first-order valence-electron chi connectivity index (χ1n) is 6.43. The van der Waals surface area contributed by atoms with E-state index in [-0.39, 0.29) is 19.1 Å². The van der Waals surface area contributed by atoms with Crippen LogP contribution in [0.25, 0.3) is 0 Å². The average molecular weight is 296 g/mol. The van der Waals surface area contributed by atoms with Crippen LogP contribution < -0.4 is 0 Å². The summed E-state index contributed by atoms with van der Waals surface area (Å²) in [7, 11) is 0. The summed E-state index contributed by atoms with van der Waals surface area (Å²) in [6.45, 7) is 2.79. The van der Waals surface area contributed by atoms with E-state index < -0.39 is 0 Å². The zero-order valence-electron chi connectivity index (χ0n) is 11.4. The average Bonchev–Trinajstić information content (AvgIpc) is 2.46. The van der Waals surface area contributed by atoms with Crippen LogP contribution in [0.5, 0.6) is 0 Å². The van der Waals surface area contributed by atoms with Crippen LogP contribution in [0, 0.1) is 11.8 Å². The molecular weight excluding hydrogens is 278 g/mol. The summed E-state index contributed by atoms with van der Waals surface area (Å²) < 4.78 is 0. The van der Waals surface area contributed by atoms with Crippen molar-refractivity contribution in [2.75, 3.05) is 26.3 Å². The number of benzene rings is 1. The number of hydrogen-bond donors (Lipinski definition) is 2. The molecule has 0 atom stereocenters. The molecule has 0 aliphatic heterocycles. The fraction of sp³-hybridized carbons (Fsp3) is 0.400. The Morgan fingerprint density at radius 3 is 2.70 bits per heavy atom. The normalized spacial score (nSPS) is 9.80. The van der Waals surface area contributed by atoms with E-state index in [0.29, 0.717) is 35.7 Å². The number of halogens is 1. The molecule has 0 fully saturated rings. The van der Waals surface area contributed by atoms with Crippen molar-refractivity contribution < 1.29 is 15.0 Å². The van der Waals surface area contributed by atoms with Crippen molar-refractivity contribution in [3.05, 3.63) is 34.3 Å². The van der Waals surface area contributed by atoms with Gasteiger partial charge in [-0.3, -0.25) is 4.79 Å². The first-order chi connectivity index (χ1) is 9.63. The van der Waals surface area contributed by atoms with E-state index >= 15 is 0 Å². The maximum absolute atomic E-state index is 12.3. The van der Waals surface area contributed by atoms with Crippen molar-refractivity contribution >= 4 is 17.5 Å². The molecule has 0 saturated carbocycles. The first kappa shape index (κ1) is 16.5. The van der Waals surface area contributed by atoms with Gasteiger partial charge >= 0.3 is 0 Å². The number of aliphatic hydroxyl groups excluding tert-OH is 2. The number of hydrogen-bond acceptors (Lipinski definition) is 3. The Balaban J connectivity index is 2.90. The van der Waals surface area contributed by atoms with Crippen LogP contribution in [0.15, 0.2) is 18.2 Å². The summed E-state index contributed by atoms with van der Waals surface area (Å²) in [5, 5.41) is 17.9. The Labute approximate surface area is 124 Å². The van der Waals surface area contributed by atoms with Crippen LogP contribution in [-0.4, -0.2) is 47.3 Å². The van der Waals surface area contributed by atoms with Crippen molar-refractivity contribution in [1.82, 2.24) is 4.90 Å². The second-order valence-electron chi connectivity index (χ2n) is 4.12. The van der Waals surface area contributed by atoms with Crippen molar-refractivity contribution in [3.63, 3.8) is 0 Å². The molecule has 0 aliphatic carbocycles. The molecule has 0 saturated heterocycles. The zero-order chi connectivity index (χ0) is 15.0. The van der Waals surface area contributed by atoms with Gasteiger partial charge in [-0.2, -0.15) is 0 Å². The lowest BCUT2D eigenvalue weighted by molar-refractivity contribution is 0.0754. The lowest BCUT2D eigenvalue weighted by Gasteiger charge is -2.20. The van der Waals surface area contributed by atoms with Crippen LogP contribution in [0.1, 0.15) is 29.3 Å². The van der Waals surface area contributed by atoms with Gasteiger partial charge in [-0.25, -0.2) is 0 Å². The standard InChI is InChI=1S/C15H18ClNO3/c1-2-17(8-4-10-19)15(20)13-7-6-12(5-3-9-18)14(16)11-13/h6-7,11,18-19H,2,4,8-10H2,1H3. The highest BCUT2D eigenvalue weighted by molar-refractivity contribution is 6.32. The Morgan fingerprint density at radius 1 is 1.40 bits per heavy atom. The quantitative estimate of drug-likeness (QED) is 0.810. The highest BCUT2D eigenvalue weighted by atomic mass is 35.5. The summed E-state index contributed by atoms with van der Waals surface area (Å²) in [4.78, 5) is 13.9. The van der Waals surface area contributed by atoms with E-state index in [2.05, 4.69) is 11.8 Å². The van der Waals surface area contributed by atoms with Crippen molar-refractivity contribution in [2.45, 2.75) is 13.3 Å². The second-order valence-corrected chi connectivity index (χ2v) is 4.52. The lowest BCUT2D eigenvalue weighted by atomic mass is 10.1. The monoisotopic (exact) mass is 295 g/mol. The molecule has 1 amide bonds. The largest absolute Gasteiger partial charge is 0.396 e. The molecule has 0 bridgehead atoms. The number of rotatable bonds is 5. The van der Waals surface area contributed by atoms with Crippen LogP contribution in [0.4, 0.5) is 0 Å². The van der Waals surface area contributed by atoms with E-state index in [9.17, 15) is 4.79 Å². The van der Waals surface area contributed by atoms with E-state index in [0.717, 1.165) is 0 Å². The molecule has 108 valence electrons. The van der Waals surface area contributed by atoms with Crippen LogP contribution in [0.2, 0.25) is 5.02 Å². The fourth-order valence-corrected chi connectivity index (χ4v) is 1.96. The second kappa shape index (κ2) is 8.60.